The lowest BCUT2D eigenvalue weighted by Crippen LogP contribution is -2.04. The largest absolute Gasteiger partial charge is 0.434 e. The number of hydrogen-bond acceptors (Lipinski definition) is 2. The van der Waals surface area contributed by atoms with Gasteiger partial charge in [0.25, 0.3) is 0 Å². The van der Waals surface area contributed by atoms with Gasteiger partial charge in [-0.1, -0.05) is 11.6 Å². The molecule has 4 aromatic rings. The lowest BCUT2D eigenvalue weighted by molar-refractivity contribution is -0.140. The summed E-state index contributed by atoms with van der Waals surface area (Å²) in [6, 6.07) is 5.24. The third-order valence-corrected chi connectivity index (χ3v) is 4.22. The molecule has 24 heavy (non-hydrogen) atoms. The van der Waals surface area contributed by atoms with Crippen molar-refractivity contribution in [3.63, 3.8) is 0 Å². The number of benzene rings is 1. The lowest BCUT2D eigenvalue weighted by atomic mass is 10.0. The predicted molar refractivity (Wildman–Crippen MR) is 85.0 cm³/mol. The highest BCUT2D eigenvalue weighted by atomic mass is 35.5. The number of pyridine rings is 1. The van der Waals surface area contributed by atoms with Crippen molar-refractivity contribution >= 4 is 28.2 Å². The molecule has 0 aliphatic carbocycles. The maximum atomic E-state index is 13.0. The summed E-state index contributed by atoms with van der Waals surface area (Å²) in [5, 5.41) is 8.07. The number of aromatic nitrogens is 4. The normalized spacial score (nSPS) is 12.4. The molecular weight excluding hydrogens is 341 g/mol. The Morgan fingerprint density at radius 1 is 1.25 bits per heavy atom. The molecule has 0 fully saturated rings. The summed E-state index contributed by atoms with van der Waals surface area (Å²) in [5.74, 6) is 0. The van der Waals surface area contributed by atoms with Gasteiger partial charge >= 0.3 is 6.18 Å². The lowest BCUT2D eigenvalue weighted by Gasteiger charge is -2.08. The third kappa shape index (κ3) is 2.24. The second-order valence-electron chi connectivity index (χ2n) is 5.52. The van der Waals surface area contributed by atoms with E-state index in [1.54, 1.807) is 12.3 Å². The molecule has 3 heterocycles. The highest BCUT2D eigenvalue weighted by molar-refractivity contribution is 6.34. The quantitative estimate of drug-likeness (QED) is 0.533. The van der Waals surface area contributed by atoms with Gasteiger partial charge in [-0.15, -0.1) is 0 Å². The van der Waals surface area contributed by atoms with Crippen LogP contribution in [0.15, 0.2) is 36.8 Å². The van der Waals surface area contributed by atoms with Gasteiger partial charge < -0.3 is 4.40 Å². The Hall–Kier alpha value is -2.54. The van der Waals surface area contributed by atoms with Crippen LogP contribution in [0.2, 0.25) is 5.02 Å². The van der Waals surface area contributed by atoms with E-state index in [1.165, 1.54) is 10.6 Å². The van der Waals surface area contributed by atoms with Crippen LogP contribution in [-0.2, 0) is 6.18 Å². The van der Waals surface area contributed by atoms with Crippen molar-refractivity contribution in [2.75, 3.05) is 0 Å². The molecule has 0 unspecified atom stereocenters. The van der Waals surface area contributed by atoms with Crippen molar-refractivity contribution in [3.05, 3.63) is 53.1 Å². The number of halogens is 4. The second-order valence-corrected chi connectivity index (χ2v) is 5.93. The van der Waals surface area contributed by atoms with Gasteiger partial charge in [-0.3, -0.25) is 5.10 Å². The fourth-order valence-electron chi connectivity index (χ4n) is 2.81. The smallest absolute Gasteiger partial charge is 0.306 e. The molecule has 0 saturated carbocycles. The van der Waals surface area contributed by atoms with Crippen LogP contribution in [0.5, 0.6) is 0 Å². The first-order valence-electron chi connectivity index (χ1n) is 7.03. The minimum Gasteiger partial charge on any atom is -0.306 e. The average molecular weight is 351 g/mol. The maximum absolute atomic E-state index is 13.0. The standard InChI is InChI=1S/C16H10ClF3N4/c1-8-4-9(5-10-6-21-23-14(8)10)13-11(17)2-3-24-7-12(16(18,19)20)22-15(13)24/h2-7H,1H3,(H,21,23). The van der Waals surface area contributed by atoms with Crippen molar-refractivity contribution in [1.82, 2.24) is 19.6 Å². The minimum atomic E-state index is -4.51. The van der Waals surface area contributed by atoms with Crippen LogP contribution >= 0.6 is 11.6 Å². The van der Waals surface area contributed by atoms with Gasteiger partial charge in [0.15, 0.2) is 5.69 Å². The number of nitrogens with zero attached hydrogens (tertiary/aromatic N) is 3. The van der Waals surface area contributed by atoms with Gasteiger partial charge in [0.05, 0.1) is 16.7 Å². The fraction of sp³-hybridized carbons (Fsp3) is 0.125. The highest BCUT2D eigenvalue weighted by Gasteiger charge is 2.34. The van der Waals surface area contributed by atoms with Gasteiger partial charge in [0, 0.05) is 23.3 Å². The maximum Gasteiger partial charge on any atom is 0.434 e. The van der Waals surface area contributed by atoms with Crippen LogP contribution in [0.3, 0.4) is 0 Å². The van der Waals surface area contributed by atoms with E-state index in [-0.39, 0.29) is 5.65 Å². The number of nitrogens with one attached hydrogen (secondary N) is 1. The summed E-state index contributed by atoms with van der Waals surface area (Å²) in [5.41, 5.74) is 2.16. The topological polar surface area (TPSA) is 46.0 Å². The summed E-state index contributed by atoms with van der Waals surface area (Å²) in [6.07, 6.45) is -0.433. The van der Waals surface area contributed by atoms with Gasteiger partial charge in [-0.2, -0.15) is 18.3 Å². The Balaban J connectivity index is 2.03. The molecule has 0 saturated heterocycles. The number of fused-ring (bicyclic) bond motifs is 2. The van der Waals surface area contributed by atoms with Crippen LogP contribution in [0.1, 0.15) is 11.3 Å². The van der Waals surface area contributed by atoms with Crippen LogP contribution in [-0.4, -0.2) is 19.6 Å². The average Bonchev–Trinajstić information content (AvgIpc) is 3.12. The van der Waals surface area contributed by atoms with Crippen molar-refractivity contribution in [1.29, 1.82) is 0 Å². The van der Waals surface area contributed by atoms with E-state index in [2.05, 4.69) is 15.2 Å². The monoisotopic (exact) mass is 350 g/mol. The van der Waals surface area contributed by atoms with Gasteiger partial charge in [-0.25, -0.2) is 4.98 Å². The van der Waals surface area contributed by atoms with E-state index in [4.69, 9.17) is 11.6 Å². The molecule has 3 aromatic heterocycles. The minimum absolute atomic E-state index is 0.164. The number of aryl methyl sites for hydroxylation is 1. The van der Waals surface area contributed by atoms with Crippen LogP contribution < -0.4 is 0 Å². The first-order valence-corrected chi connectivity index (χ1v) is 7.41. The molecule has 4 nitrogen and oxygen atoms in total. The first-order chi connectivity index (χ1) is 11.3. The number of alkyl halides is 3. The molecule has 122 valence electrons. The molecule has 1 N–H and O–H groups in total. The molecule has 0 atom stereocenters. The molecule has 0 aliphatic rings. The Bertz CT molecular complexity index is 1080. The van der Waals surface area contributed by atoms with E-state index >= 15 is 0 Å². The Kier molecular flexibility index (Phi) is 3.11. The van der Waals surface area contributed by atoms with Crippen LogP contribution in [0.4, 0.5) is 13.2 Å². The second kappa shape index (κ2) is 4.98. The van der Waals surface area contributed by atoms with Gasteiger partial charge in [-0.05, 0) is 36.2 Å². The SMILES string of the molecule is Cc1cc(-c2c(Cl)ccn3cc(C(F)(F)F)nc23)cc2cn[nH]c12. The number of H-pyrrole nitrogens is 1. The van der Waals surface area contributed by atoms with Gasteiger partial charge in [0.2, 0.25) is 0 Å². The van der Waals surface area contributed by atoms with Crippen molar-refractivity contribution in [2.45, 2.75) is 13.1 Å². The first kappa shape index (κ1) is 15.0. The number of hydrogen-bond donors (Lipinski definition) is 1. The summed E-state index contributed by atoms with van der Waals surface area (Å²) in [6.45, 7) is 1.89. The van der Waals surface area contributed by atoms with Crippen molar-refractivity contribution in [3.8, 4) is 11.1 Å². The van der Waals surface area contributed by atoms with Gasteiger partial charge in [0.1, 0.15) is 5.65 Å². The molecule has 0 aliphatic heterocycles. The number of aromatic amines is 1. The van der Waals surface area contributed by atoms with E-state index in [9.17, 15) is 13.2 Å². The molecule has 0 bridgehead atoms. The zero-order chi connectivity index (χ0) is 17.1. The summed E-state index contributed by atoms with van der Waals surface area (Å²) < 4.78 is 40.2. The molecule has 4 rings (SSSR count). The molecule has 0 spiro atoms. The fourth-order valence-corrected chi connectivity index (χ4v) is 3.06. The van der Waals surface area contributed by atoms with Crippen LogP contribution in [0, 0.1) is 6.92 Å². The van der Waals surface area contributed by atoms with E-state index in [0.717, 1.165) is 22.7 Å². The zero-order valence-electron chi connectivity index (χ0n) is 12.3. The molecule has 0 amide bonds. The summed E-state index contributed by atoms with van der Waals surface area (Å²) in [7, 11) is 0. The molecule has 8 heteroatoms. The molecular formula is C16H10ClF3N4. The summed E-state index contributed by atoms with van der Waals surface area (Å²) in [4.78, 5) is 3.75. The highest BCUT2D eigenvalue weighted by Crippen LogP contribution is 2.36. The van der Waals surface area contributed by atoms with Crippen LogP contribution in [0.25, 0.3) is 27.7 Å². The Morgan fingerprint density at radius 2 is 2.04 bits per heavy atom. The zero-order valence-corrected chi connectivity index (χ0v) is 13.1. The van der Waals surface area contributed by atoms with Crippen molar-refractivity contribution in [2.24, 2.45) is 0 Å². The van der Waals surface area contributed by atoms with Crippen molar-refractivity contribution < 1.29 is 13.2 Å². The van der Waals surface area contributed by atoms with E-state index in [1.807, 2.05) is 19.1 Å². The number of imidazole rings is 1. The summed E-state index contributed by atoms with van der Waals surface area (Å²) >= 11 is 6.28. The molecule has 1 aromatic carbocycles. The van der Waals surface area contributed by atoms with E-state index < -0.39 is 11.9 Å². The van der Waals surface area contributed by atoms with E-state index in [0.29, 0.717) is 16.1 Å². The third-order valence-electron chi connectivity index (χ3n) is 3.90. The Labute approximate surface area is 138 Å². The predicted octanol–water partition coefficient (Wildman–Crippen LogP) is 4.86. The molecule has 0 radical (unpaired) electrons. The number of rotatable bonds is 1. The Morgan fingerprint density at radius 3 is 2.79 bits per heavy atom.